The van der Waals surface area contributed by atoms with Crippen LogP contribution in [0, 0.1) is 39.4 Å². The van der Waals surface area contributed by atoms with Crippen molar-refractivity contribution in [3.8, 4) is 0 Å². The van der Waals surface area contributed by atoms with Crippen LogP contribution in [0.4, 0.5) is 0 Å². The van der Waals surface area contributed by atoms with Gasteiger partial charge in [-0.3, -0.25) is 4.79 Å². The molecular weight excluding hydrogens is 356 g/mol. The van der Waals surface area contributed by atoms with Gasteiger partial charge in [-0.25, -0.2) is 4.79 Å². The largest absolute Gasteiger partial charge is 0.459 e. The third kappa shape index (κ3) is 2.10. The van der Waals surface area contributed by atoms with Crippen LogP contribution in [0.15, 0.2) is 12.7 Å². The number of ether oxygens (including phenoxy) is 1. The Morgan fingerprint density at radius 3 is 2.61 bits per heavy atom. The number of ketones is 1. The Morgan fingerprint density at radius 1 is 1.32 bits per heavy atom. The first-order valence-corrected chi connectivity index (χ1v) is 10.7. The molecule has 28 heavy (non-hydrogen) atoms. The molecule has 7 unspecified atom stereocenters. The number of hydrogen-bond donors (Lipinski definition) is 2. The summed E-state index contributed by atoms with van der Waals surface area (Å²) in [7, 11) is 0. The number of carbonyl (C=O) groups is 2. The van der Waals surface area contributed by atoms with Gasteiger partial charge in [0, 0.05) is 28.6 Å². The Morgan fingerprint density at radius 2 is 2.00 bits per heavy atom. The van der Waals surface area contributed by atoms with E-state index in [0.29, 0.717) is 12.8 Å². The summed E-state index contributed by atoms with van der Waals surface area (Å²) in [5.74, 6) is -0.387. The average molecular weight is 391 g/mol. The van der Waals surface area contributed by atoms with Crippen molar-refractivity contribution in [2.75, 3.05) is 6.61 Å². The molecule has 0 aromatic heterocycles. The number of Topliss-reactive ketones (excluding diaryl/α,β-unsaturated/α-hetero) is 1. The van der Waals surface area contributed by atoms with Crippen LogP contribution in [0.5, 0.6) is 0 Å². The number of aliphatic hydroxyl groups excluding tert-OH is 2. The van der Waals surface area contributed by atoms with E-state index in [1.807, 2.05) is 13.0 Å². The van der Waals surface area contributed by atoms with Gasteiger partial charge in [0.05, 0.1) is 6.10 Å². The summed E-state index contributed by atoms with van der Waals surface area (Å²) in [5, 5.41) is 20.8. The molecule has 0 saturated heterocycles. The van der Waals surface area contributed by atoms with Crippen molar-refractivity contribution in [2.45, 2.75) is 72.0 Å². The number of carbonyl (C=O) groups excluding carboxylic acids is 2. The minimum atomic E-state index is -0.658. The lowest BCUT2D eigenvalue weighted by atomic mass is 9.33. The van der Waals surface area contributed by atoms with Crippen molar-refractivity contribution in [2.24, 2.45) is 39.4 Å². The molecule has 156 valence electrons. The normalized spacial score (nSPS) is 54.8. The maximum Gasteiger partial charge on any atom is 0.332 e. The van der Waals surface area contributed by atoms with Gasteiger partial charge in [0.2, 0.25) is 0 Å². The molecule has 1 spiro atoms. The molecule has 4 bridgehead atoms. The number of rotatable bonds is 3. The van der Waals surface area contributed by atoms with Gasteiger partial charge in [0.15, 0.2) is 0 Å². The molecule has 5 rings (SSSR count). The van der Waals surface area contributed by atoms with Crippen molar-refractivity contribution in [3.05, 3.63) is 12.7 Å². The SMILES string of the molecule is C=C[C@@]1(C)CC2(C)C3CCC4(CCC(=O)C4C3(C)[C@@H]2OC(=O)CO)C(C)C1O. The summed E-state index contributed by atoms with van der Waals surface area (Å²) >= 11 is 0. The smallest absolute Gasteiger partial charge is 0.332 e. The van der Waals surface area contributed by atoms with Gasteiger partial charge >= 0.3 is 5.97 Å². The Kier molecular flexibility index (Phi) is 4.24. The minimum absolute atomic E-state index is 0.0399. The first-order valence-electron chi connectivity index (χ1n) is 10.7. The second kappa shape index (κ2) is 5.91. The van der Waals surface area contributed by atoms with Crippen molar-refractivity contribution in [1.29, 1.82) is 0 Å². The van der Waals surface area contributed by atoms with Gasteiger partial charge in [-0.05, 0) is 42.9 Å². The van der Waals surface area contributed by atoms with Crippen LogP contribution < -0.4 is 0 Å². The lowest BCUT2D eigenvalue weighted by molar-refractivity contribution is -0.294. The molecular formula is C23H34O5. The Balaban J connectivity index is 1.93. The first kappa shape index (κ1) is 20.1. The standard InChI is InChI=1S/C23H34O5/c1-6-20(3)12-21(4)15-8-10-23(13(2)18(20)27)9-7-14(25)17(23)22(15,5)19(21)28-16(26)11-24/h6,13,15,17-19,24,27H,1,7-12H2,2-5H3/t13?,15?,17?,18?,19-,20+,21?,22?,23?/m1/s1. The Bertz CT molecular complexity index is 733. The maximum atomic E-state index is 13.2. The highest BCUT2D eigenvalue weighted by Gasteiger charge is 2.79. The molecule has 5 saturated carbocycles. The van der Waals surface area contributed by atoms with Crippen LogP contribution in [0.3, 0.4) is 0 Å². The third-order valence-corrected chi connectivity index (χ3v) is 9.63. The molecule has 5 heteroatoms. The van der Waals surface area contributed by atoms with Crippen molar-refractivity contribution >= 4 is 11.8 Å². The van der Waals surface area contributed by atoms with E-state index in [9.17, 15) is 19.8 Å². The second-order valence-corrected chi connectivity index (χ2v) is 10.7. The van der Waals surface area contributed by atoms with Crippen molar-refractivity contribution in [1.82, 2.24) is 0 Å². The monoisotopic (exact) mass is 390 g/mol. The van der Waals surface area contributed by atoms with E-state index in [2.05, 4.69) is 27.4 Å². The van der Waals surface area contributed by atoms with Gasteiger partial charge in [-0.1, -0.05) is 33.8 Å². The quantitative estimate of drug-likeness (QED) is 0.572. The molecule has 5 nitrogen and oxygen atoms in total. The van der Waals surface area contributed by atoms with E-state index in [0.717, 1.165) is 19.3 Å². The van der Waals surface area contributed by atoms with Crippen LogP contribution in [0.25, 0.3) is 0 Å². The van der Waals surface area contributed by atoms with Gasteiger partial charge < -0.3 is 14.9 Å². The lowest BCUT2D eigenvalue weighted by Crippen LogP contribution is -2.74. The summed E-state index contributed by atoms with van der Waals surface area (Å²) in [4.78, 5) is 25.3. The molecule has 2 N–H and O–H groups in total. The van der Waals surface area contributed by atoms with Crippen LogP contribution in [-0.2, 0) is 14.3 Å². The summed E-state index contributed by atoms with van der Waals surface area (Å²) in [6.07, 6.45) is 4.70. The van der Waals surface area contributed by atoms with Crippen molar-refractivity contribution in [3.63, 3.8) is 0 Å². The minimum Gasteiger partial charge on any atom is -0.459 e. The highest BCUT2D eigenvalue weighted by molar-refractivity contribution is 5.86. The zero-order valence-electron chi connectivity index (χ0n) is 17.5. The lowest BCUT2D eigenvalue weighted by Gasteiger charge is -2.72. The van der Waals surface area contributed by atoms with Crippen LogP contribution in [0.2, 0.25) is 0 Å². The zero-order valence-corrected chi connectivity index (χ0v) is 17.5. The Hall–Kier alpha value is -1.20. The molecule has 5 aliphatic rings. The maximum absolute atomic E-state index is 13.2. The fraction of sp³-hybridized carbons (Fsp3) is 0.826. The molecule has 0 radical (unpaired) electrons. The predicted octanol–water partition coefficient (Wildman–Crippen LogP) is 2.89. The summed E-state index contributed by atoms with van der Waals surface area (Å²) in [5.41, 5.74) is -1.59. The van der Waals surface area contributed by atoms with E-state index >= 15 is 0 Å². The number of hydrogen-bond acceptors (Lipinski definition) is 5. The average Bonchev–Trinajstić information content (AvgIpc) is 3.03. The van der Waals surface area contributed by atoms with Crippen LogP contribution >= 0.6 is 0 Å². The third-order valence-electron chi connectivity index (χ3n) is 9.63. The van der Waals surface area contributed by atoms with Crippen molar-refractivity contribution < 1.29 is 24.5 Å². The number of esters is 1. The van der Waals surface area contributed by atoms with Gasteiger partial charge in [-0.15, -0.1) is 6.58 Å². The highest BCUT2D eigenvalue weighted by Crippen LogP contribution is 2.78. The zero-order chi connectivity index (χ0) is 20.7. The summed E-state index contributed by atoms with van der Waals surface area (Å²) in [6.45, 7) is 11.8. The molecule has 9 atom stereocenters. The summed E-state index contributed by atoms with van der Waals surface area (Å²) < 4.78 is 5.86. The molecule has 0 aromatic rings. The number of aliphatic hydroxyl groups is 2. The first-order chi connectivity index (χ1) is 13.0. The van der Waals surface area contributed by atoms with E-state index < -0.39 is 35.6 Å². The van der Waals surface area contributed by atoms with E-state index in [1.165, 1.54) is 0 Å². The predicted molar refractivity (Wildman–Crippen MR) is 104 cm³/mol. The Labute approximate surface area is 167 Å². The van der Waals surface area contributed by atoms with Gasteiger partial charge in [0.1, 0.15) is 18.5 Å². The van der Waals surface area contributed by atoms with Crippen LogP contribution in [0.1, 0.15) is 59.8 Å². The molecule has 5 aliphatic carbocycles. The fourth-order valence-corrected chi connectivity index (χ4v) is 8.67. The van der Waals surface area contributed by atoms with Gasteiger partial charge in [-0.2, -0.15) is 0 Å². The fourth-order valence-electron chi connectivity index (χ4n) is 8.67. The molecule has 0 aromatic carbocycles. The second-order valence-electron chi connectivity index (χ2n) is 10.7. The molecule has 5 fully saturated rings. The van der Waals surface area contributed by atoms with Gasteiger partial charge in [0.25, 0.3) is 0 Å². The summed E-state index contributed by atoms with van der Waals surface area (Å²) in [6, 6.07) is 0. The van der Waals surface area contributed by atoms with Crippen LogP contribution in [-0.4, -0.2) is 40.8 Å². The molecule has 0 heterocycles. The molecule has 0 aliphatic heterocycles. The topological polar surface area (TPSA) is 83.8 Å². The van der Waals surface area contributed by atoms with E-state index in [1.54, 1.807) is 0 Å². The highest BCUT2D eigenvalue weighted by atomic mass is 16.6. The molecule has 0 amide bonds. The van der Waals surface area contributed by atoms with E-state index in [4.69, 9.17) is 4.74 Å². The van der Waals surface area contributed by atoms with E-state index in [-0.39, 0.29) is 34.4 Å². The number of fused-ring (bicyclic) bond motifs is 4.